The zero-order valence-corrected chi connectivity index (χ0v) is 8.46. The molecule has 1 aliphatic rings. The Morgan fingerprint density at radius 2 is 2.23 bits per heavy atom. The van der Waals surface area contributed by atoms with Crippen LogP contribution in [-0.2, 0) is 10.2 Å². The molecule has 1 rings (SSSR count). The van der Waals surface area contributed by atoms with Crippen LogP contribution in [0, 0.1) is 0 Å². The topological polar surface area (TPSA) is 63.4 Å². The molecule has 1 saturated heterocycles. The third-order valence-corrected chi connectivity index (χ3v) is 3.47. The number of nitrogens with two attached hydrogens (primary N) is 1. The average molecular weight is 204 g/mol. The third kappa shape index (κ3) is 2.79. The maximum Gasteiger partial charge on any atom is 0.277 e. The second-order valence-electron chi connectivity index (χ2n) is 3.33. The molecule has 0 aliphatic carbocycles. The summed E-state index contributed by atoms with van der Waals surface area (Å²) in [4.78, 5) is 0. The van der Waals surface area contributed by atoms with Crippen molar-refractivity contribution in [2.75, 3.05) is 6.54 Å². The van der Waals surface area contributed by atoms with Crippen molar-refractivity contribution < 1.29 is 8.42 Å². The molecule has 1 aliphatic heterocycles. The first-order valence-corrected chi connectivity index (χ1v) is 5.96. The molecule has 0 aromatic carbocycles. The van der Waals surface area contributed by atoms with Crippen molar-refractivity contribution in [3.05, 3.63) is 12.7 Å². The van der Waals surface area contributed by atoms with Gasteiger partial charge in [0.15, 0.2) is 0 Å². The first-order valence-electron chi connectivity index (χ1n) is 4.46. The lowest BCUT2D eigenvalue weighted by atomic mass is 10.0. The van der Waals surface area contributed by atoms with E-state index in [1.165, 1.54) is 4.31 Å². The number of hydrogen-bond donors (Lipinski definition) is 1. The molecule has 5 heteroatoms. The highest BCUT2D eigenvalue weighted by molar-refractivity contribution is 7.86. The third-order valence-electron chi connectivity index (χ3n) is 2.34. The molecule has 76 valence electrons. The molecule has 0 radical (unpaired) electrons. The van der Waals surface area contributed by atoms with Crippen LogP contribution in [0.15, 0.2) is 12.7 Å². The fourth-order valence-electron chi connectivity index (χ4n) is 1.74. The number of hydrogen-bond acceptors (Lipinski definition) is 2. The first-order chi connectivity index (χ1) is 6.05. The van der Waals surface area contributed by atoms with E-state index < -0.39 is 10.2 Å². The Hall–Kier alpha value is -0.390. The van der Waals surface area contributed by atoms with Gasteiger partial charge in [0.2, 0.25) is 0 Å². The van der Waals surface area contributed by atoms with Crippen LogP contribution in [0.25, 0.3) is 0 Å². The number of piperidine rings is 1. The van der Waals surface area contributed by atoms with Crippen molar-refractivity contribution in [1.29, 1.82) is 0 Å². The summed E-state index contributed by atoms with van der Waals surface area (Å²) in [5.41, 5.74) is 0. The van der Waals surface area contributed by atoms with Gasteiger partial charge >= 0.3 is 0 Å². The summed E-state index contributed by atoms with van der Waals surface area (Å²) in [6, 6.07) is 0.0289. The van der Waals surface area contributed by atoms with Crippen LogP contribution in [0.2, 0.25) is 0 Å². The Kier molecular flexibility index (Phi) is 3.47. The van der Waals surface area contributed by atoms with E-state index in [9.17, 15) is 8.42 Å². The largest absolute Gasteiger partial charge is 0.277 e. The van der Waals surface area contributed by atoms with Crippen molar-refractivity contribution >= 4 is 10.2 Å². The van der Waals surface area contributed by atoms with Gasteiger partial charge in [-0.3, -0.25) is 0 Å². The molecule has 0 aromatic heterocycles. The highest BCUT2D eigenvalue weighted by Gasteiger charge is 2.28. The molecule has 1 heterocycles. The molecule has 0 bridgehead atoms. The molecule has 4 nitrogen and oxygen atoms in total. The Morgan fingerprint density at radius 3 is 2.77 bits per heavy atom. The van der Waals surface area contributed by atoms with E-state index in [-0.39, 0.29) is 6.04 Å². The fourth-order valence-corrected chi connectivity index (χ4v) is 2.73. The molecule has 1 atom stereocenters. The maximum absolute atomic E-state index is 11.1. The van der Waals surface area contributed by atoms with Crippen molar-refractivity contribution in [3.8, 4) is 0 Å². The molecule has 13 heavy (non-hydrogen) atoms. The van der Waals surface area contributed by atoms with Gasteiger partial charge in [-0.05, 0) is 19.3 Å². The maximum atomic E-state index is 11.1. The number of nitrogens with zero attached hydrogens (tertiary/aromatic N) is 1. The summed E-state index contributed by atoms with van der Waals surface area (Å²) in [6.07, 6.45) is 5.31. The van der Waals surface area contributed by atoms with Gasteiger partial charge in [0, 0.05) is 12.6 Å². The smallest absolute Gasteiger partial charge is 0.216 e. The van der Waals surface area contributed by atoms with Gasteiger partial charge in [-0.2, -0.15) is 12.7 Å². The summed E-state index contributed by atoms with van der Waals surface area (Å²) in [5, 5.41) is 5.09. The molecule has 0 spiro atoms. The van der Waals surface area contributed by atoms with Crippen LogP contribution >= 0.6 is 0 Å². The number of rotatable bonds is 3. The summed E-state index contributed by atoms with van der Waals surface area (Å²) in [7, 11) is -3.51. The van der Waals surface area contributed by atoms with Gasteiger partial charge in [-0.1, -0.05) is 12.5 Å². The van der Waals surface area contributed by atoms with Crippen molar-refractivity contribution in [3.63, 3.8) is 0 Å². The van der Waals surface area contributed by atoms with E-state index in [1.807, 2.05) is 0 Å². The van der Waals surface area contributed by atoms with Gasteiger partial charge < -0.3 is 0 Å². The first kappa shape index (κ1) is 10.7. The van der Waals surface area contributed by atoms with Crippen molar-refractivity contribution in [2.45, 2.75) is 31.7 Å². The van der Waals surface area contributed by atoms with E-state index in [2.05, 4.69) is 6.58 Å². The Labute approximate surface area is 79.6 Å². The Morgan fingerprint density at radius 1 is 1.54 bits per heavy atom. The minimum Gasteiger partial charge on any atom is -0.216 e. The zero-order valence-electron chi connectivity index (χ0n) is 7.65. The second kappa shape index (κ2) is 4.21. The summed E-state index contributed by atoms with van der Waals surface area (Å²) >= 11 is 0. The average Bonchev–Trinajstić information content (AvgIpc) is 2.04. The van der Waals surface area contributed by atoms with Gasteiger partial charge in [-0.25, -0.2) is 5.14 Å². The molecule has 1 fully saturated rings. The summed E-state index contributed by atoms with van der Waals surface area (Å²) in [5.74, 6) is 0. The molecular formula is C8H16N2O2S. The second-order valence-corrected chi connectivity index (χ2v) is 4.83. The quantitative estimate of drug-likeness (QED) is 0.685. The van der Waals surface area contributed by atoms with Gasteiger partial charge in [0.25, 0.3) is 10.2 Å². The van der Waals surface area contributed by atoms with Crippen molar-refractivity contribution in [2.24, 2.45) is 5.14 Å². The normalized spacial score (nSPS) is 25.8. The SMILES string of the molecule is C=CCC1CCCCN1S(N)(=O)=O. The van der Waals surface area contributed by atoms with E-state index >= 15 is 0 Å². The van der Waals surface area contributed by atoms with E-state index in [0.29, 0.717) is 13.0 Å². The standard InChI is InChI=1S/C8H16N2O2S/c1-2-5-8-6-3-4-7-10(8)13(9,11)12/h2,8H,1,3-7H2,(H2,9,11,12). The molecule has 1 unspecified atom stereocenters. The fraction of sp³-hybridized carbons (Fsp3) is 0.750. The van der Waals surface area contributed by atoms with Crippen LogP contribution in [-0.4, -0.2) is 25.3 Å². The van der Waals surface area contributed by atoms with Gasteiger partial charge in [0.1, 0.15) is 0 Å². The zero-order chi connectivity index (χ0) is 9.90. The Bertz CT molecular complexity index is 274. The van der Waals surface area contributed by atoms with Crippen LogP contribution in [0.4, 0.5) is 0 Å². The van der Waals surface area contributed by atoms with Crippen LogP contribution in [0.3, 0.4) is 0 Å². The lowest BCUT2D eigenvalue weighted by Crippen LogP contribution is -2.46. The summed E-state index contributed by atoms with van der Waals surface area (Å²) in [6.45, 7) is 4.16. The minimum absolute atomic E-state index is 0.0289. The van der Waals surface area contributed by atoms with E-state index in [4.69, 9.17) is 5.14 Å². The van der Waals surface area contributed by atoms with Crippen molar-refractivity contribution in [1.82, 2.24) is 4.31 Å². The van der Waals surface area contributed by atoms with Crippen LogP contribution in [0.1, 0.15) is 25.7 Å². The monoisotopic (exact) mass is 204 g/mol. The summed E-state index contributed by atoms with van der Waals surface area (Å²) < 4.78 is 23.7. The molecule has 0 aromatic rings. The van der Waals surface area contributed by atoms with Crippen LogP contribution < -0.4 is 5.14 Å². The molecule has 2 N–H and O–H groups in total. The molecule has 0 saturated carbocycles. The van der Waals surface area contributed by atoms with E-state index in [1.54, 1.807) is 6.08 Å². The molecular weight excluding hydrogens is 188 g/mol. The highest BCUT2D eigenvalue weighted by Crippen LogP contribution is 2.21. The highest BCUT2D eigenvalue weighted by atomic mass is 32.2. The van der Waals surface area contributed by atoms with Gasteiger partial charge in [0.05, 0.1) is 0 Å². The molecule has 0 amide bonds. The lowest BCUT2D eigenvalue weighted by Gasteiger charge is -2.32. The van der Waals surface area contributed by atoms with Gasteiger partial charge in [-0.15, -0.1) is 6.58 Å². The predicted octanol–water partition coefficient (Wildman–Crippen LogP) is 0.621. The Balaban J connectivity index is 2.73. The predicted molar refractivity (Wildman–Crippen MR) is 52.3 cm³/mol. The minimum atomic E-state index is -3.51. The lowest BCUT2D eigenvalue weighted by molar-refractivity contribution is 0.254. The van der Waals surface area contributed by atoms with Crippen LogP contribution in [0.5, 0.6) is 0 Å². The van der Waals surface area contributed by atoms with E-state index in [0.717, 1.165) is 19.3 Å².